The number of alkyl halides is 3. The van der Waals surface area contributed by atoms with Crippen molar-refractivity contribution in [3.8, 4) is 0 Å². The number of hydrogen-bond donors (Lipinski definition) is 1. The minimum Gasteiger partial charge on any atom is -0.384 e. The van der Waals surface area contributed by atoms with Gasteiger partial charge in [0.15, 0.2) is 0 Å². The molecule has 0 aliphatic heterocycles. The number of rotatable bonds is 2. The predicted octanol–water partition coefficient (Wildman–Crippen LogP) is 3.19. The molecule has 0 amide bonds. The fourth-order valence-electron chi connectivity index (χ4n) is 1.91. The molecule has 0 aliphatic carbocycles. The summed E-state index contributed by atoms with van der Waals surface area (Å²) in [6, 6.07) is 6.26. The lowest BCUT2D eigenvalue weighted by Crippen LogP contribution is -2.09. The van der Waals surface area contributed by atoms with Gasteiger partial charge in [0.2, 0.25) is 0 Å². The first-order chi connectivity index (χ1) is 9.29. The van der Waals surface area contributed by atoms with Crippen molar-refractivity contribution in [1.82, 2.24) is 10.2 Å². The molecule has 106 valence electrons. The van der Waals surface area contributed by atoms with Crippen LogP contribution in [0.3, 0.4) is 0 Å². The minimum atomic E-state index is -4.43. The largest absolute Gasteiger partial charge is 0.416 e. The molecule has 1 N–H and O–H groups in total. The number of nitrogens with zero attached hydrogens (tertiary/aromatic N) is 2. The van der Waals surface area contributed by atoms with Gasteiger partial charge in [0.1, 0.15) is 6.10 Å². The van der Waals surface area contributed by atoms with Crippen molar-refractivity contribution in [3.63, 3.8) is 0 Å². The highest BCUT2D eigenvalue weighted by Gasteiger charge is 2.31. The van der Waals surface area contributed by atoms with Crippen molar-refractivity contribution in [2.24, 2.45) is 0 Å². The van der Waals surface area contributed by atoms with Gasteiger partial charge in [-0.1, -0.05) is 12.1 Å². The van der Waals surface area contributed by atoms with E-state index in [0.717, 1.165) is 12.1 Å². The minimum absolute atomic E-state index is 0.176. The van der Waals surface area contributed by atoms with Gasteiger partial charge in [0.05, 0.1) is 17.0 Å². The highest BCUT2D eigenvalue weighted by atomic mass is 19.4. The predicted molar refractivity (Wildman–Crippen MR) is 67.0 cm³/mol. The van der Waals surface area contributed by atoms with E-state index in [1.807, 2.05) is 0 Å². The van der Waals surface area contributed by atoms with E-state index in [4.69, 9.17) is 0 Å². The summed E-state index contributed by atoms with van der Waals surface area (Å²) in [4.78, 5) is 0. The highest BCUT2D eigenvalue weighted by Crippen LogP contribution is 2.32. The van der Waals surface area contributed by atoms with Crippen LogP contribution in [0, 0.1) is 13.8 Å². The zero-order valence-corrected chi connectivity index (χ0v) is 10.9. The average molecular weight is 282 g/mol. The van der Waals surface area contributed by atoms with Crippen LogP contribution < -0.4 is 0 Å². The van der Waals surface area contributed by atoms with Crippen molar-refractivity contribution < 1.29 is 18.3 Å². The summed E-state index contributed by atoms with van der Waals surface area (Å²) in [5, 5.41) is 17.9. The molecular weight excluding hydrogens is 269 g/mol. The molecule has 0 saturated heterocycles. The number of aromatic nitrogens is 2. The van der Waals surface area contributed by atoms with E-state index < -0.39 is 17.8 Å². The molecule has 1 heterocycles. The van der Waals surface area contributed by atoms with Crippen LogP contribution in [0.15, 0.2) is 30.3 Å². The monoisotopic (exact) mass is 282 g/mol. The van der Waals surface area contributed by atoms with Crippen molar-refractivity contribution in [2.45, 2.75) is 26.1 Å². The Bertz CT molecular complexity index is 626. The number of benzene rings is 1. The number of aryl methyl sites for hydroxylation is 2. The van der Waals surface area contributed by atoms with Crippen LogP contribution in [-0.2, 0) is 6.18 Å². The van der Waals surface area contributed by atoms with E-state index in [2.05, 4.69) is 10.2 Å². The zero-order chi connectivity index (χ0) is 14.9. The van der Waals surface area contributed by atoms with E-state index in [9.17, 15) is 18.3 Å². The molecule has 2 aromatic rings. The lowest BCUT2D eigenvalue weighted by atomic mass is 9.98. The van der Waals surface area contributed by atoms with E-state index in [1.54, 1.807) is 19.9 Å². The van der Waals surface area contributed by atoms with Crippen LogP contribution in [-0.4, -0.2) is 15.3 Å². The molecule has 1 atom stereocenters. The van der Waals surface area contributed by atoms with Crippen LogP contribution in [0.2, 0.25) is 0 Å². The third-order valence-corrected chi connectivity index (χ3v) is 2.96. The molecule has 0 aliphatic rings. The molecule has 0 fully saturated rings. The fourth-order valence-corrected chi connectivity index (χ4v) is 1.91. The standard InChI is InChI=1S/C14H13F3N2O/c1-8-6-12(9(2)19-18-8)13(20)10-4-3-5-11(7-10)14(15,16)17/h3-7,13,20H,1-2H3. The molecular formula is C14H13F3N2O. The molecule has 6 heteroatoms. The number of hydrogen-bond acceptors (Lipinski definition) is 3. The van der Waals surface area contributed by atoms with Gasteiger partial charge in [-0.15, -0.1) is 0 Å². The summed E-state index contributed by atoms with van der Waals surface area (Å²) >= 11 is 0. The van der Waals surface area contributed by atoms with Crippen LogP contribution in [0.4, 0.5) is 13.2 Å². The third-order valence-electron chi connectivity index (χ3n) is 2.96. The lowest BCUT2D eigenvalue weighted by Gasteiger charge is -2.15. The highest BCUT2D eigenvalue weighted by molar-refractivity contribution is 5.35. The summed E-state index contributed by atoms with van der Waals surface area (Å²) in [5.74, 6) is 0. The smallest absolute Gasteiger partial charge is 0.384 e. The normalized spacial score (nSPS) is 13.3. The number of halogens is 3. The second-order valence-electron chi connectivity index (χ2n) is 4.55. The summed E-state index contributed by atoms with van der Waals surface area (Å²) in [5.41, 5.74) is 0.926. The number of aliphatic hydroxyl groups excluding tert-OH is 1. The maximum absolute atomic E-state index is 12.7. The maximum atomic E-state index is 12.7. The zero-order valence-electron chi connectivity index (χ0n) is 10.9. The first-order valence-corrected chi connectivity index (χ1v) is 5.95. The molecule has 1 unspecified atom stereocenters. The van der Waals surface area contributed by atoms with E-state index in [1.165, 1.54) is 12.1 Å². The van der Waals surface area contributed by atoms with E-state index >= 15 is 0 Å². The summed E-state index contributed by atoms with van der Waals surface area (Å²) in [6.45, 7) is 3.35. The molecule has 0 bridgehead atoms. The Morgan fingerprint density at radius 1 is 1.10 bits per heavy atom. The van der Waals surface area contributed by atoms with E-state index in [0.29, 0.717) is 17.0 Å². The maximum Gasteiger partial charge on any atom is 0.416 e. The summed E-state index contributed by atoms with van der Waals surface area (Å²) in [6.07, 6.45) is -5.59. The third kappa shape index (κ3) is 2.96. The second-order valence-corrected chi connectivity index (χ2v) is 4.55. The van der Waals surface area contributed by atoms with Gasteiger partial charge < -0.3 is 5.11 Å². The van der Waals surface area contributed by atoms with Crippen molar-refractivity contribution in [3.05, 3.63) is 58.4 Å². The second kappa shape index (κ2) is 5.20. The summed E-state index contributed by atoms with van der Waals surface area (Å²) in [7, 11) is 0. The van der Waals surface area contributed by atoms with Gasteiger partial charge >= 0.3 is 6.18 Å². The Hall–Kier alpha value is -1.95. The molecule has 0 saturated carbocycles. The lowest BCUT2D eigenvalue weighted by molar-refractivity contribution is -0.137. The van der Waals surface area contributed by atoms with Crippen molar-refractivity contribution in [1.29, 1.82) is 0 Å². The van der Waals surface area contributed by atoms with Gasteiger partial charge in [0, 0.05) is 5.56 Å². The Kier molecular flexibility index (Phi) is 3.76. The Balaban J connectivity index is 2.43. The van der Waals surface area contributed by atoms with Crippen LogP contribution in [0.25, 0.3) is 0 Å². The molecule has 2 rings (SSSR count). The van der Waals surface area contributed by atoms with E-state index in [-0.39, 0.29) is 5.56 Å². The Morgan fingerprint density at radius 2 is 1.80 bits per heavy atom. The summed E-state index contributed by atoms with van der Waals surface area (Å²) < 4.78 is 38.0. The van der Waals surface area contributed by atoms with Gasteiger partial charge in [-0.3, -0.25) is 0 Å². The first-order valence-electron chi connectivity index (χ1n) is 5.95. The van der Waals surface area contributed by atoms with Gasteiger partial charge in [-0.2, -0.15) is 23.4 Å². The first kappa shape index (κ1) is 14.5. The fraction of sp³-hybridized carbons (Fsp3) is 0.286. The quantitative estimate of drug-likeness (QED) is 0.920. The van der Waals surface area contributed by atoms with Crippen LogP contribution >= 0.6 is 0 Å². The van der Waals surface area contributed by atoms with Crippen LogP contribution in [0.1, 0.15) is 34.2 Å². The topological polar surface area (TPSA) is 46.0 Å². The SMILES string of the molecule is Cc1cc(C(O)c2cccc(C(F)(F)F)c2)c(C)nn1. The molecule has 1 aromatic heterocycles. The van der Waals surface area contributed by atoms with Gasteiger partial charge in [-0.25, -0.2) is 0 Å². The van der Waals surface area contributed by atoms with Crippen LogP contribution in [0.5, 0.6) is 0 Å². The molecule has 0 spiro atoms. The van der Waals surface area contributed by atoms with Gasteiger partial charge in [0.25, 0.3) is 0 Å². The molecule has 20 heavy (non-hydrogen) atoms. The molecule has 1 aromatic carbocycles. The number of aliphatic hydroxyl groups is 1. The average Bonchev–Trinajstić information content (AvgIpc) is 2.40. The van der Waals surface area contributed by atoms with Crippen molar-refractivity contribution in [2.75, 3.05) is 0 Å². The molecule has 0 radical (unpaired) electrons. The molecule has 3 nitrogen and oxygen atoms in total. The van der Waals surface area contributed by atoms with Gasteiger partial charge in [-0.05, 0) is 37.6 Å². The Labute approximate surface area is 114 Å². The van der Waals surface area contributed by atoms with Crippen molar-refractivity contribution >= 4 is 0 Å². The Morgan fingerprint density at radius 3 is 2.45 bits per heavy atom.